The highest BCUT2D eigenvalue weighted by molar-refractivity contribution is 6.04. The van der Waals surface area contributed by atoms with E-state index in [1.165, 1.54) is 0 Å². The number of para-hydroxylation sites is 1. The number of benzene rings is 2. The Bertz CT molecular complexity index is 798. The van der Waals surface area contributed by atoms with Gasteiger partial charge < -0.3 is 10.1 Å². The van der Waals surface area contributed by atoms with Gasteiger partial charge in [-0.1, -0.05) is 48.5 Å². The summed E-state index contributed by atoms with van der Waals surface area (Å²) in [5.41, 5.74) is 2.45. The first-order chi connectivity index (χ1) is 11.8. The number of ether oxygens (including phenoxy) is 1. The number of carbonyl (C=O) groups excluding carboxylic acids is 1. The summed E-state index contributed by atoms with van der Waals surface area (Å²) in [6.07, 6.45) is 0.808. The fourth-order valence-electron chi connectivity index (χ4n) is 2.57. The zero-order valence-electron chi connectivity index (χ0n) is 13.7. The summed E-state index contributed by atoms with van der Waals surface area (Å²) in [5.74, 6) is -0.163. The van der Waals surface area contributed by atoms with Crippen LogP contribution in [0.15, 0.2) is 54.6 Å². The molecule has 0 spiro atoms. The topological polar surface area (TPSA) is 67.0 Å². The van der Waals surface area contributed by atoms with Crippen molar-refractivity contribution in [3.8, 4) is 0 Å². The van der Waals surface area contributed by atoms with Crippen LogP contribution in [0.25, 0.3) is 10.9 Å². The van der Waals surface area contributed by atoms with E-state index in [4.69, 9.17) is 4.74 Å². The highest BCUT2D eigenvalue weighted by Gasteiger charge is 2.13. The standard InChI is InChI=1S/C19H21N3O2/c1-14(15-8-3-2-4-9-15)24-13-7-12-20-19(23)18-16-10-5-6-11-17(16)21-22-18/h2-6,8-11,14H,7,12-13H2,1H3,(H,20,23)(H,21,22). The zero-order valence-corrected chi connectivity index (χ0v) is 13.7. The second-order valence-corrected chi connectivity index (χ2v) is 5.65. The van der Waals surface area contributed by atoms with Crippen molar-refractivity contribution < 1.29 is 9.53 Å². The summed E-state index contributed by atoms with van der Waals surface area (Å²) in [7, 11) is 0. The second-order valence-electron chi connectivity index (χ2n) is 5.65. The van der Waals surface area contributed by atoms with Gasteiger partial charge in [0.2, 0.25) is 0 Å². The van der Waals surface area contributed by atoms with E-state index in [1.807, 2.05) is 49.4 Å². The monoisotopic (exact) mass is 323 g/mol. The predicted molar refractivity (Wildman–Crippen MR) is 93.9 cm³/mol. The summed E-state index contributed by atoms with van der Waals surface area (Å²) in [5, 5.41) is 10.7. The van der Waals surface area contributed by atoms with Crippen LogP contribution in [0.2, 0.25) is 0 Å². The summed E-state index contributed by atoms with van der Waals surface area (Å²) < 4.78 is 5.80. The molecule has 0 radical (unpaired) electrons. The average Bonchev–Trinajstić information content (AvgIpc) is 3.06. The van der Waals surface area contributed by atoms with E-state index < -0.39 is 0 Å². The summed E-state index contributed by atoms with van der Waals surface area (Å²) in [4.78, 5) is 12.2. The number of nitrogens with one attached hydrogen (secondary N) is 2. The number of carbonyl (C=O) groups is 1. The molecule has 0 saturated heterocycles. The van der Waals surface area contributed by atoms with Gasteiger partial charge in [-0.25, -0.2) is 0 Å². The number of hydrogen-bond acceptors (Lipinski definition) is 3. The third-order valence-electron chi connectivity index (χ3n) is 3.93. The van der Waals surface area contributed by atoms with E-state index in [0.717, 1.165) is 22.9 Å². The fraction of sp³-hybridized carbons (Fsp3) is 0.263. The van der Waals surface area contributed by atoms with Crippen LogP contribution in [0, 0.1) is 0 Å². The van der Waals surface area contributed by atoms with Gasteiger partial charge in [-0.05, 0) is 25.0 Å². The van der Waals surface area contributed by atoms with Gasteiger partial charge in [-0.2, -0.15) is 5.10 Å². The Labute approximate surface area is 141 Å². The Kier molecular flexibility index (Phi) is 5.23. The lowest BCUT2D eigenvalue weighted by atomic mass is 10.1. The number of rotatable bonds is 7. The van der Waals surface area contributed by atoms with E-state index in [9.17, 15) is 4.79 Å². The SMILES string of the molecule is CC(OCCCNC(=O)c1n[nH]c2ccccc12)c1ccccc1. The largest absolute Gasteiger partial charge is 0.374 e. The predicted octanol–water partition coefficient (Wildman–Crippen LogP) is 3.46. The molecular formula is C19H21N3O2. The third-order valence-corrected chi connectivity index (χ3v) is 3.93. The molecule has 1 amide bonds. The van der Waals surface area contributed by atoms with Crippen molar-refractivity contribution in [3.05, 3.63) is 65.9 Å². The Morgan fingerprint density at radius 1 is 1.17 bits per heavy atom. The van der Waals surface area contributed by atoms with Crippen LogP contribution in [-0.4, -0.2) is 29.3 Å². The first-order valence-corrected chi connectivity index (χ1v) is 8.13. The maximum absolute atomic E-state index is 12.2. The molecule has 2 N–H and O–H groups in total. The highest BCUT2D eigenvalue weighted by Crippen LogP contribution is 2.16. The number of aromatic amines is 1. The first-order valence-electron chi connectivity index (χ1n) is 8.13. The molecule has 0 aliphatic heterocycles. The van der Waals surface area contributed by atoms with Crippen molar-refractivity contribution in [1.82, 2.24) is 15.5 Å². The number of nitrogens with zero attached hydrogens (tertiary/aromatic N) is 1. The van der Waals surface area contributed by atoms with Gasteiger partial charge in [0.25, 0.3) is 5.91 Å². The molecule has 0 fully saturated rings. The molecule has 124 valence electrons. The molecule has 1 aromatic heterocycles. The van der Waals surface area contributed by atoms with E-state index >= 15 is 0 Å². The van der Waals surface area contributed by atoms with E-state index in [1.54, 1.807) is 0 Å². The molecule has 2 aromatic carbocycles. The van der Waals surface area contributed by atoms with Gasteiger partial charge in [0.1, 0.15) is 0 Å². The van der Waals surface area contributed by atoms with Gasteiger partial charge in [-0.15, -0.1) is 0 Å². The van der Waals surface area contributed by atoms with Crippen LogP contribution in [0.4, 0.5) is 0 Å². The van der Waals surface area contributed by atoms with Gasteiger partial charge in [0.05, 0.1) is 11.6 Å². The third kappa shape index (κ3) is 3.81. The maximum atomic E-state index is 12.2. The molecule has 0 aliphatic carbocycles. The van der Waals surface area contributed by atoms with Gasteiger partial charge in [0, 0.05) is 18.5 Å². The van der Waals surface area contributed by atoms with Crippen molar-refractivity contribution in [2.45, 2.75) is 19.4 Å². The molecule has 5 nitrogen and oxygen atoms in total. The minimum absolute atomic E-state index is 0.0529. The van der Waals surface area contributed by atoms with Crippen LogP contribution in [-0.2, 0) is 4.74 Å². The van der Waals surface area contributed by atoms with Crippen LogP contribution >= 0.6 is 0 Å². The molecule has 5 heteroatoms. The van der Waals surface area contributed by atoms with Crippen LogP contribution < -0.4 is 5.32 Å². The summed E-state index contributed by atoms with van der Waals surface area (Å²) in [6, 6.07) is 17.7. The minimum atomic E-state index is -0.163. The van der Waals surface area contributed by atoms with Crippen LogP contribution in [0.5, 0.6) is 0 Å². The average molecular weight is 323 g/mol. The van der Waals surface area contributed by atoms with Crippen molar-refractivity contribution in [1.29, 1.82) is 0 Å². The normalized spacial score (nSPS) is 12.2. The molecule has 1 heterocycles. The van der Waals surface area contributed by atoms with Crippen molar-refractivity contribution in [3.63, 3.8) is 0 Å². The summed E-state index contributed by atoms with van der Waals surface area (Å²) >= 11 is 0. The van der Waals surface area contributed by atoms with Crippen LogP contribution in [0.3, 0.4) is 0 Å². The molecule has 1 unspecified atom stereocenters. The van der Waals surface area contributed by atoms with Crippen molar-refractivity contribution >= 4 is 16.8 Å². The molecule has 3 aromatic rings. The quantitative estimate of drug-likeness (QED) is 0.654. The van der Waals surface area contributed by atoms with Gasteiger partial charge >= 0.3 is 0 Å². The number of hydrogen-bond donors (Lipinski definition) is 2. The number of fused-ring (bicyclic) bond motifs is 1. The maximum Gasteiger partial charge on any atom is 0.272 e. The lowest BCUT2D eigenvalue weighted by molar-refractivity contribution is 0.0634. The van der Waals surface area contributed by atoms with E-state index in [-0.39, 0.29) is 12.0 Å². The molecule has 0 aliphatic rings. The van der Waals surface area contributed by atoms with Crippen LogP contribution in [0.1, 0.15) is 35.5 Å². The number of amides is 1. The first kappa shape index (κ1) is 16.2. The van der Waals surface area contributed by atoms with E-state index in [0.29, 0.717) is 18.8 Å². The Morgan fingerprint density at radius 3 is 2.75 bits per heavy atom. The van der Waals surface area contributed by atoms with E-state index in [2.05, 4.69) is 27.6 Å². The molecule has 3 rings (SSSR count). The number of H-pyrrole nitrogens is 1. The Morgan fingerprint density at radius 2 is 1.92 bits per heavy atom. The molecule has 24 heavy (non-hydrogen) atoms. The smallest absolute Gasteiger partial charge is 0.272 e. The summed E-state index contributed by atoms with van der Waals surface area (Å²) in [6.45, 7) is 3.18. The molecule has 0 bridgehead atoms. The lowest BCUT2D eigenvalue weighted by Crippen LogP contribution is -2.25. The zero-order chi connectivity index (χ0) is 16.8. The second kappa shape index (κ2) is 7.75. The van der Waals surface area contributed by atoms with Gasteiger partial charge in [0.15, 0.2) is 5.69 Å². The molecular weight excluding hydrogens is 302 g/mol. The Hall–Kier alpha value is -2.66. The highest BCUT2D eigenvalue weighted by atomic mass is 16.5. The number of aromatic nitrogens is 2. The molecule has 1 atom stereocenters. The van der Waals surface area contributed by atoms with Crippen molar-refractivity contribution in [2.24, 2.45) is 0 Å². The van der Waals surface area contributed by atoms with Crippen molar-refractivity contribution in [2.75, 3.05) is 13.2 Å². The molecule has 0 saturated carbocycles. The Balaban J connectivity index is 1.43. The fourth-order valence-corrected chi connectivity index (χ4v) is 2.57. The minimum Gasteiger partial charge on any atom is -0.374 e. The van der Waals surface area contributed by atoms with Gasteiger partial charge in [-0.3, -0.25) is 9.89 Å². The lowest BCUT2D eigenvalue weighted by Gasteiger charge is -2.13.